The molecule has 0 fully saturated rings. The number of hydrogen-bond acceptors (Lipinski definition) is 6. The lowest BCUT2D eigenvalue weighted by Crippen LogP contribution is -2.36. The highest BCUT2D eigenvalue weighted by molar-refractivity contribution is 6.27. The summed E-state index contributed by atoms with van der Waals surface area (Å²) in [7, 11) is 2.79. The van der Waals surface area contributed by atoms with Crippen molar-refractivity contribution in [1.82, 2.24) is 5.32 Å². The van der Waals surface area contributed by atoms with Gasteiger partial charge in [0.05, 0.1) is 31.0 Å². The molecule has 0 saturated heterocycles. The molecule has 1 aliphatic rings. The second kappa shape index (κ2) is 6.35. The van der Waals surface area contributed by atoms with Crippen LogP contribution in [0.1, 0.15) is 41.5 Å². The fourth-order valence-corrected chi connectivity index (χ4v) is 2.28. The van der Waals surface area contributed by atoms with Gasteiger partial charge in [-0.05, 0) is 32.9 Å². The summed E-state index contributed by atoms with van der Waals surface area (Å²) in [5.41, 5.74) is -0.745. The third-order valence-corrected chi connectivity index (χ3v) is 3.20. The van der Waals surface area contributed by atoms with E-state index in [1.54, 1.807) is 26.8 Å². The minimum Gasteiger partial charge on any atom is -0.496 e. The number of ether oxygens (including phenoxy) is 3. The van der Waals surface area contributed by atoms with E-state index in [-0.39, 0.29) is 28.3 Å². The number of allylic oxidation sites excluding steroid dienone is 2. The SMILES string of the molecule is COc1ccc(OC)c2c1C(=O)C=C(NC(=O)OC(C)(C)C)C2=O. The molecule has 7 heteroatoms. The number of amides is 1. The van der Waals surface area contributed by atoms with Crippen LogP contribution in [0.5, 0.6) is 11.5 Å². The van der Waals surface area contributed by atoms with Gasteiger partial charge in [-0.25, -0.2) is 4.79 Å². The Bertz CT molecular complexity index is 742. The molecule has 7 nitrogen and oxygen atoms in total. The highest BCUT2D eigenvalue weighted by atomic mass is 16.6. The topological polar surface area (TPSA) is 90.9 Å². The Morgan fingerprint density at radius 1 is 1.00 bits per heavy atom. The van der Waals surface area contributed by atoms with Crippen LogP contribution in [0.15, 0.2) is 23.9 Å². The Labute approximate surface area is 139 Å². The predicted octanol–water partition coefficient (Wildman–Crippen LogP) is 2.49. The number of alkyl carbamates (subject to hydrolysis) is 1. The van der Waals surface area contributed by atoms with Crippen LogP contribution in [-0.2, 0) is 4.74 Å². The molecule has 1 amide bonds. The molecule has 0 saturated carbocycles. The van der Waals surface area contributed by atoms with Gasteiger partial charge in [0, 0.05) is 6.08 Å². The highest BCUT2D eigenvalue weighted by Crippen LogP contribution is 2.35. The number of Topliss-reactive ketones (excluding diaryl/α,β-unsaturated/α-hetero) is 1. The number of methoxy groups -OCH3 is 2. The van der Waals surface area contributed by atoms with E-state index in [0.717, 1.165) is 6.08 Å². The standard InChI is InChI=1S/C17H19NO6/c1-17(2,3)24-16(21)18-9-8-10(19)13-11(22-4)6-7-12(23-5)14(13)15(9)20/h6-8H,1-5H3,(H,18,21). The van der Waals surface area contributed by atoms with E-state index in [9.17, 15) is 14.4 Å². The van der Waals surface area contributed by atoms with Gasteiger partial charge in [0.25, 0.3) is 0 Å². The number of benzene rings is 1. The van der Waals surface area contributed by atoms with Gasteiger partial charge in [-0.3, -0.25) is 14.9 Å². The summed E-state index contributed by atoms with van der Waals surface area (Å²) in [6.45, 7) is 5.08. The monoisotopic (exact) mass is 333 g/mol. The van der Waals surface area contributed by atoms with Crippen molar-refractivity contribution < 1.29 is 28.6 Å². The predicted molar refractivity (Wildman–Crippen MR) is 85.7 cm³/mol. The molecule has 1 aromatic rings. The minimum absolute atomic E-state index is 0.0513. The van der Waals surface area contributed by atoms with Crippen molar-refractivity contribution in [2.24, 2.45) is 0 Å². The van der Waals surface area contributed by atoms with Crippen molar-refractivity contribution in [3.8, 4) is 11.5 Å². The molecule has 0 bridgehead atoms. The van der Waals surface area contributed by atoms with E-state index < -0.39 is 23.3 Å². The summed E-state index contributed by atoms with van der Waals surface area (Å²) in [6.07, 6.45) is 0.233. The minimum atomic E-state index is -0.819. The third kappa shape index (κ3) is 3.40. The number of ketones is 2. The first kappa shape index (κ1) is 17.5. The summed E-state index contributed by atoms with van der Waals surface area (Å²) in [5, 5.41) is 2.32. The van der Waals surface area contributed by atoms with E-state index in [2.05, 4.69) is 5.32 Å². The van der Waals surface area contributed by atoms with Crippen LogP contribution in [0.4, 0.5) is 4.79 Å². The van der Waals surface area contributed by atoms with Gasteiger partial charge in [-0.15, -0.1) is 0 Å². The maximum absolute atomic E-state index is 12.7. The van der Waals surface area contributed by atoms with Crippen LogP contribution in [0.2, 0.25) is 0 Å². The van der Waals surface area contributed by atoms with Gasteiger partial charge in [-0.1, -0.05) is 0 Å². The number of carbonyl (C=O) groups excluding carboxylic acids is 3. The molecule has 0 spiro atoms. The maximum atomic E-state index is 12.7. The first-order valence-corrected chi connectivity index (χ1v) is 7.23. The molecule has 0 aliphatic heterocycles. The molecule has 1 aromatic carbocycles. The van der Waals surface area contributed by atoms with Gasteiger partial charge in [-0.2, -0.15) is 0 Å². The Hall–Kier alpha value is -2.83. The average molecular weight is 333 g/mol. The zero-order valence-electron chi connectivity index (χ0n) is 14.2. The van der Waals surface area contributed by atoms with Gasteiger partial charge in [0.1, 0.15) is 17.1 Å². The number of nitrogens with one attached hydrogen (secondary N) is 1. The quantitative estimate of drug-likeness (QED) is 0.914. The van der Waals surface area contributed by atoms with Crippen LogP contribution in [0.3, 0.4) is 0 Å². The van der Waals surface area contributed by atoms with Crippen molar-refractivity contribution in [3.63, 3.8) is 0 Å². The van der Waals surface area contributed by atoms with Crippen LogP contribution >= 0.6 is 0 Å². The number of rotatable bonds is 3. The average Bonchev–Trinajstić information content (AvgIpc) is 2.48. The lowest BCUT2D eigenvalue weighted by atomic mass is 9.91. The summed E-state index contributed by atoms with van der Waals surface area (Å²) in [4.78, 5) is 37.0. The van der Waals surface area contributed by atoms with Gasteiger partial charge >= 0.3 is 6.09 Å². The normalized spacial score (nSPS) is 13.8. The second-order valence-electron chi connectivity index (χ2n) is 6.10. The fraction of sp³-hybridized carbons (Fsp3) is 0.353. The molecule has 128 valence electrons. The molecular weight excluding hydrogens is 314 g/mol. The first-order valence-electron chi connectivity index (χ1n) is 7.23. The molecule has 24 heavy (non-hydrogen) atoms. The molecule has 0 heterocycles. The number of hydrogen-bond donors (Lipinski definition) is 1. The van der Waals surface area contributed by atoms with E-state index in [1.807, 2.05) is 0 Å². The van der Waals surface area contributed by atoms with Crippen LogP contribution in [0, 0.1) is 0 Å². The Kier molecular flexibility index (Phi) is 4.64. The van der Waals surface area contributed by atoms with E-state index in [0.29, 0.717) is 0 Å². The molecule has 1 N–H and O–H groups in total. The summed E-state index contributed by atoms with van der Waals surface area (Å²) < 4.78 is 15.4. The largest absolute Gasteiger partial charge is 0.496 e. The van der Waals surface area contributed by atoms with Crippen molar-refractivity contribution in [1.29, 1.82) is 0 Å². The highest BCUT2D eigenvalue weighted by Gasteiger charge is 2.33. The fourth-order valence-electron chi connectivity index (χ4n) is 2.28. The summed E-state index contributed by atoms with van der Waals surface area (Å²) in [6, 6.07) is 3.07. The third-order valence-electron chi connectivity index (χ3n) is 3.20. The molecular formula is C17H19NO6. The lowest BCUT2D eigenvalue weighted by molar-refractivity contribution is 0.0539. The van der Waals surface area contributed by atoms with Crippen LogP contribution in [0.25, 0.3) is 0 Å². The number of carbonyl (C=O) groups is 3. The Morgan fingerprint density at radius 2 is 1.54 bits per heavy atom. The molecule has 0 radical (unpaired) electrons. The molecule has 0 unspecified atom stereocenters. The van der Waals surface area contributed by atoms with Crippen molar-refractivity contribution in [2.45, 2.75) is 26.4 Å². The molecule has 0 atom stereocenters. The number of fused-ring (bicyclic) bond motifs is 1. The second-order valence-corrected chi connectivity index (χ2v) is 6.10. The lowest BCUT2D eigenvalue weighted by Gasteiger charge is -2.22. The van der Waals surface area contributed by atoms with E-state index in [4.69, 9.17) is 14.2 Å². The van der Waals surface area contributed by atoms with Crippen molar-refractivity contribution in [2.75, 3.05) is 14.2 Å². The van der Waals surface area contributed by atoms with Crippen LogP contribution in [-0.4, -0.2) is 37.5 Å². The molecule has 1 aliphatic carbocycles. The zero-order valence-corrected chi connectivity index (χ0v) is 14.2. The maximum Gasteiger partial charge on any atom is 0.412 e. The van der Waals surface area contributed by atoms with Crippen LogP contribution < -0.4 is 14.8 Å². The summed E-state index contributed by atoms with van der Waals surface area (Å²) in [5.74, 6) is -0.532. The van der Waals surface area contributed by atoms with E-state index in [1.165, 1.54) is 20.3 Å². The smallest absolute Gasteiger partial charge is 0.412 e. The Morgan fingerprint density at radius 3 is 2.04 bits per heavy atom. The van der Waals surface area contributed by atoms with Gasteiger partial charge in [0.2, 0.25) is 5.78 Å². The zero-order chi connectivity index (χ0) is 18.1. The molecule has 0 aromatic heterocycles. The van der Waals surface area contributed by atoms with Gasteiger partial charge in [0.15, 0.2) is 5.78 Å². The van der Waals surface area contributed by atoms with Crippen molar-refractivity contribution >= 4 is 17.7 Å². The molecule has 2 rings (SSSR count). The Balaban J connectivity index is 2.41. The van der Waals surface area contributed by atoms with Gasteiger partial charge < -0.3 is 14.2 Å². The van der Waals surface area contributed by atoms with E-state index >= 15 is 0 Å². The van der Waals surface area contributed by atoms with Crippen molar-refractivity contribution in [3.05, 3.63) is 35.0 Å². The summed E-state index contributed by atoms with van der Waals surface area (Å²) >= 11 is 0. The first-order chi connectivity index (χ1) is 11.2.